The molecule has 0 radical (unpaired) electrons. The lowest BCUT2D eigenvalue weighted by Crippen LogP contribution is -2.29. The molecule has 0 atom stereocenters. The molecule has 0 saturated heterocycles. The second-order valence-electron chi connectivity index (χ2n) is 4.53. The highest BCUT2D eigenvalue weighted by molar-refractivity contribution is 5.95. The number of unbranched alkanes of at least 4 members (excludes halogenated alkanes) is 2. The van der Waals surface area contributed by atoms with E-state index in [-0.39, 0.29) is 11.7 Å². The number of carbonyl (C=O) groups is 2. The van der Waals surface area contributed by atoms with Crippen LogP contribution in [0.5, 0.6) is 5.75 Å². The lowest BCUT2D eigenvalue weighted by Gasteiger charge is -2.06. The highest BCUT2D eigenvalue weighted by Crippen LogP contribution is 2.14. The summed E-state index contributed by atoms with van der Waals surface area (Å²) < 4.78 is 5.57. The number of nitrogens with two attached hydrogens (primary N) is 1. The lowest BCUT2D eigenvalue weighted by atomic mass is 10.1. The summed E-state index contributed by atoms with van der Waals surface area (Å²) in [6, 6.07) is 7.19. The minimum absolute atomic E-state index is 0.134. The third kappa shape index (κ3) is 5.84. The fourth-order valence-corrected chi connectivity index (χ4v) is 1.77. The van der Waals surface area contributed by atoms with Crippen molar-refractivity contribution >= 4 is 11.7 Å². The average Bonchev–Trinajstić information content (AvgIpc) is 2.50. The van der Waals surface area contributed by atoms with Crippen LogP contribution >= 0.6 is 0 Å². The maximum atomic E-state index is 11.5. The highest BCUT2D eigenvalue weighted by Gasteiger charge is 2.03. The van der Waals surface area contributed by atoms with Crippen molar-refractivity contribution < 1.29 is 14.3 Å². The molecule has 1 amide bonds. The third-order valence-electron chi connectivity index (χ3n) is 2.98. The second-order valence-corrected chi connectivity index (χ2v) is 4.53. The van der Waals surface area contributed by atoms with Gasteiger partial charge in [0.2, 0.25) is 5.91 Å². The van der Waals surface area contributed by atoms with Gasteiger partial charge in [0.1, 0.15) is 5.75 Å². The van der Waals surface area contributed by atoms with E-state index in [0.29, 0.717) is 25.0 Å². The van der Waals surface area contributed by atoms with Crippen LogP contribution in [0, 0.1) is 0 Å². The van der Waals surface area contributed by atoms with Crippen LogP contribution in [-0.2, 0) is 4.79 Å². The molecular weight excluding hydrogens is 256 g/mol. The number of hydrogen-bond donors (Lipinski definition) is 2. The maximum Gasteiger partial charge on any atom is 0.233 e. The van der Waals surface area contributed by atoms with Crippen LogP contribution in [0.4, 0.5) is 0 Å². The number of nitrogens with one attached hydrogen (secondary N) is 1. The number of hydrazine groups is 1. The highest BCUT2D eigenvalue weighted by atomic mass is 16.5. The summed E-state index contributed by atoms with van der Waals surface area (Å²) in [6.07, 6.45) is 3.56. The molecule has 5 nitrogen and oxygen atoms in total. The number of hydrogen-bond acceptors (Lipinski definition) is 4. The Morgan fingerprint density at radius 2 is 1.85 bits per heavy atom. The molecule has 0 bridgehead atoms. The average molecular weight is 278 g/mol. The van der Waals surface area contributed by atoms with Gasteiger partial charge in [-0.2, -0.15) is 0 Å². The van der Waals surface area contributed by atoms with E-state index in [1.165, 1.54) is 0 Å². The van der Waals surface area contributed by atoms with Gasteiger partial charge in [0.25, 0.3) is 0 Å². The second kappa shape index (κ2) is 9.09. The van der Waals surface area contributed by atoms with Crippen LogP contribution in [0.25, 0.3) is 0 Å². The lowest BCUT2D eigenvalue weighted by molar-refractivity contribution is -0.121. The number of Topliss-reactive ketones (excluding diaryl/α,β-unsaturated/α-hetero) is 1. The Morgan fingerprint density at radius 3 is 2.45 bits per heavy atom. The van der Waals surface area contributed by atoms with Crippen molar-refractivity contribution in [1.29, 1.82) is 0 Å². The van der Waals surface area contributed by atoms with Crippen molar-refractivity contribution in [1.82, 2.24) is 5.43 Å². The first-order valence-corrected chi connectivity index (χ1v) is 6.93. The molecule has 1 aromatic carbocycles. The van der Waals surface area contributed by atoms with Gasteiger partial charge in [-0.15, -0.1) is 0 Å². The molecule has 20 heavy (non-hydrogen) atoms. The standard InChI is InChI=1S/C15H22N2O3/c1-2-14(18)12-7-9-13(10-8-12)20-11-5-3-4-6-15(19)17-16/h7-10H,2-6,11,16H2,1H3,(H,17,19). The minimum atomic E-state index is -0.137. The molecule has 0 aliphatic heterocycles. The van der Waals surface area contributed by atoms with Crippen molar-refractivity contribution in [3.63, 3.8) is 0 Å². The van der Waals surface area contributed by atoms with Crippen molar-refractivity contribution in [2.45, 2.75) is 39.0 Å². The Morgan fingerprint density at radius 1 is 1.15 bits per heavy atom. The molecule has 0 unspecified atom stereocenters. The molecule has 0 aromatic heterocycles. The van der Waals surface area contributed by atoms with E-state index in [9.17, 15) is 9.59 Å². The molecule has 1 aromatic rings. The van der Waals surface area contributed by atoms with Crippen LogP contribution in [-0.4, -0.2) is 18.3 Å². The number of benzene rings is 1. The molecule has 0 saturated carbocycles. The molecule has 5 heteroatoms. The summed E-state index contributed by atoms with van der Waals surface area (Å²) in [7, 11) is 0. The smallest absolute Gasteiger partial charge is 0.233 e. The normalized spacial score (nSPS) is 10.1. The fraction of sp³-hybridized carbons (Fsp3) is 0.467. The van der Waals surface area contributed by atoms with Crippen LogP contribution < -0.4 is 16.0 Å². The summed E-state index contributed by atoms with van der Waals surface area (Å²) in [5, 5.41) is 0. The number of ketones is 1. The topological polar surface area (TPSA) is 81.4 Å². The van der Waals surface area contributed by atoms with E-state index < -0.39 is 0 Å². The Labute approximate surface area is 119 Å². The van der Waals surface area contributed by atoms with Crippen molar-refractivity contribution in [2.24, 2.45) is 5.84 Å². The number of carbonyl (C=O) groups excluding carboxylic acids is 2. The van der Waals surface area contributed by atoms with E-state index in [1.807, 2.05) is 19.1 Å². The zero-order chi connectivity index (χ0) is 14.8. The number of rotatable bonds is 9. The quantitative estimate of drug-likeness (QED) is 0.238. The van der Waals surface area contributed by atoms with Gasteiger partial charge in [-0.3, -0.25) is 15.0 Å². The predicted molar refractivity (Wildman–Crippen MR) is 77.4 cm³/mol. The largest absolute Gasteiger partial charge is 0.494 e. The van der Waals surface area contributed by atoms with Gasteiger partial charge >= 0.3 is 0 Å². The molecule has 0 aliphatic carbocycles. The zero-order valence-corrected chi connectivity index (χ0v) is 11.9. The Hall–Kier alpha value is -1.88. The fourth-order valence-electron chi connectivity index (χ4n) is 1.77. The Kier molecular flexibility index (Phi) is 7.35. The third-order valence-corrected chi connectivity index (χ3v) is 2.98. The first-order chi connectivity index (χ1) is 9.67. The monoisotopic (exact) mass is 278 g/mol. The van der Waals surface area contributed by atoms with Gasteiger partial charge in [-0.05, 0) is 43.5 Å². The Balaban J connectivity index is 2.19. The molecule has 1 rings (SSSR count). The van der Waals surface area contributed by atoms with Gasteiger partial charge in [0.05, 0.1) is 6.61 Å². The molecule has 110 valence electrons. The molecule has 3 N–H and O–H groups in total. The summed E-state index contributed by atoms with van der Waals surface area (Å²) >= 11 is 0. The van der Waals surface area contributed by atoms with Gasteiger partial charge in [0, 0.05) is 18.4 Å². The van der Waals surface area contributed by atoms with E-state index in [4.69, 9.17) is 10.6 Å². The summed E-state index contributed by atoms with van der Waals surface area (Å²) in [6.45, 7) is 2.45. The SMILES string of the molecule is CCC(=O)c1ccc(OCCCCCC(=O)NN)cc1. The van der Waals surface area contributed by atoms with E-state index >= 15 is 0 Å². The van der Waals surface area contributed by atoms with Crippen molar-refractivity contribution in [2.75, 3.05) is 6.61 Å². The minimum Gasteiger partial charge on any atom is -0.494 e. The van der Waals surface area contributed by atoms with Gasteiger partial charge < -0.3 is 4.74 Å². The summed E-state index contributed by atoms with van der Waals surface area (Å²) in [5.41, 5.74) is 2.82. The van der Waals surface area contributed by atoms with Crippen LogP contribution in [0.2, 0.25) is 0 Å². The van der Waals surface area contributed by atoms with Crippen LogP contribution in [0.1, 0.15) is 49.4 Å². The summed E-state index contributed by atoms with van der Waals surface area (Å²) in [5.74, 6) is 5.74. The zero-order valence-electron chi connectivity index (χ0n) is 11.9. The molecule has 0 spiro atoms. The molecule has 0 heterocycles. The molecular formula is C15H22N2O3. The van der Waals surface area contributed by atoms with Gasteiger partial charge in [0.15, 0.2) is 5.78 Å². The predicted octanol–water partition coefficient (Wildman–Crippen LogP) is 2.21. The van der Waals surface area contributed by atoms with Crippen LogP contribution in [0.15, 0.2) is 24.3 Å². The van der Waals surface area contributed by atoms with E-state index in [1.54, 1.807) is 12.1 Å². The van der Waals surface area contributed by atoms with E-state index in [0.717, 1.165) is 25.0 Å². The maximum absolute atomic E-state index is 11.5. The van der Waals surface area contributed by atoms with Crippen molar-refractivity contribution in [3.05, 3.63) is 29.8 Å². The number of amides is 1. The number of ether oxygens (including phenoxy) is 1. The van der Waals surface area contributed by atoms with E-state index in [2.05, 4.69) is 5.43 Å². The first-order valence-electron chi connectivity index (χ1n) is 6.93. The van der Waals surface area contributed by atoms with Crippen molar-refractivity contribution in [3.8, 4) is 5.75 Å². The summed E-state index contributed by atoms with van der Waals surface area (Å²) in [4.78, 5) is 22.3. The first kappa shape index (κ1) is 16.2. The molecule has 0 aliphatic rings. The van der Waals surface area contributed by atoms with Gasteiger partial charge in [-0.1, -0.05) is 6.92 Å². The Bertz CT molecular complexity index is 429. The molecule has 0 fully saturated rings. The van der Waals surface area contributed by atoms with Crippen LogP contribution in [0.3, 0.4) is 0 Å². The van der Waals surface area contributed by atoms with Gasteiger partial charge in [-0.25, -0.2) is 5.84 Å².